The Bertz CT molecular complexity index is 360. The van der Waals surface area contributed by atoms with Crippen molar-refractivity contribution >= 4 is 11.8 Å². The molecule has 70 valence electrons. The quantitative estimate of drug-likeness (QED) is 0.571. The van der Waals surface area contributed by atoms with Gasteiger partial charge in [-0.2, -0.15) is 0 Å². The van der Waals surface area contributed by atoms with Crippen molar-refractivity contribution in [1.82, 2.24) is 14.8 Å². The average Bonchev–Trinajstić information content (AvgIpc) is 2.46. The molecule has 0 spiro atoms. The molecule has 1 heterocycles. The Hall–Kier alpha value is -1.15. The first-order valence-electron chi connectivity index (χ1n) is 4.01. The molecule has 0 fully saturated rings. The van der Waals surface area contributed by atoms with E-state index in [1.165, 1.54) is 11.8 Å². The molecular formula is C8H11N3OS. The van der Waals surface area contributed by atoms with Gasteiger partial charge in [-0.15, -0.1) is 11.5 Å². The molecule has 0 amide bonds. The Morgan fingerprint density at radius 2 is 2.54 bits per heavy atom. The van der Waals surface area contributed by atoms with Crippen LogP contribution in [0, 0.1) is 12.3 Å². The predicted octanol–water partition coefficient (Wildman–Crippen LogP) is 0.707. The van der Waals surface area contributed by atoms with Gasteiger partial charge in [0.15, 0.2) is 5.16 Å². The third-order valence-corrected chi connectivity index (χ3v) is 2.34. The SMILES string of the molecule is C#CCSc1n[nH]c(=O)n1CCC. The van der Waals surface area contributed by atoms with Crippen LogP contribution in [0.5, 0.6) is 0 Å². The first-order chi connectivity index (χ1) is 6.29. The molecule has 1 aromatic rings. The van der Waals surface area contributed by atoms with Crippen LogP contribution >= 0.6 is 11.8 Å². The minimum absolute atomic E-state index is 0.165. The van der Waals surface area contributed by atoms with Gasteiger partial charge < -0.3 is 0 Å². The maximum Gasteiger partial charge on any atom is 0.343 e. The summed E-state index contributed by atoms with van der Waals surface area (Å²) in [5.41, 5.74) is -0.165. The second-order valence-corrected chi connectivity index (χ2v) is 3.40. The minimum atomic E-state index is -0.165. The summed E-state index contributed by atoms with van der Waals surface area (Å²) >= 11 is 1.39. The van der Waals surface area contributed by atoms with Gasteiger partial charge in [-0.1, -0.05) is 24.6 Å². The third kappa shape index (κ3) is 2.39. The summed E-state index contributed by atoms with van der Waals surface area (Å²) in [6.45, 7) is 2.69. The smallest absolute Gasteiger partial charge is 0.270 e. The van der Waals surface area contributed by atoms with Crippen molar-refractivity contribution in [1.29, 1.82) is 0 Å². The van der Waals surface area contributed by atoms with Crippen LogP contribution in [0.3, 0.4) is 0 Å². The van der Waals surface area contributed by atoms with Gasteiger partial charge in [0, 0.05) is 6.54 Å². The zero-order valence-electron chi connectivity index (χ0n) is 7.41. The first-order valence-corrected chi connectivity index (χ1v) is 4.99. The van der Waals surface area contributed by atoms with E-state index in [0.29, 0.717) is 17.5 Å². The van der Waals surface area contributed by atoms with Gasteiger partial charge in [0.2, 0.25) is 0 Å². The minimum Gasteiger partial charge on any atom is -0.270 e. The van der Waals surface area contributed by atoms with Crippen LogP contribution in [0.4, 0.5) is 0 Å². The van der Waals surface area contributed by atoms with E-state index in [9.17, 15) is 4.79 Å². The van der Waals surface area contributed by atoms with Crippen molar-refractivity contribution in [2.45, 2.75) is 25.0 Å². The Kier molecular flexibility index (Phi) is 3.65. The monoisotopic (exact) mass is 197 g/mol. The van der Waals surface area contributed by atoms with Gasteiger partial charge in [-0.25, -0.2) is 9.89 Å². The standard InChI is InChI=1S/C8H11N3OS/c1-3-5-11-7(12)9-10-8(11)13-6-4-2/h2H,3,5-6H2,1H3,(H,9,12). The Morgan fingerprint density at radius 1 is 1.77 bits per heavy atom. The summed E-state index contributed by atoms with van der Waals surface area (Å²) in [6.07, 6.45) is 6.02. The fraction of sp³-hybridized carbons (Fsp3) is 0.500. The molecule has 0 saturated heterocycles. The van der Waals surface area contributed by atoms with E-state index in [1.807, 2.05) is 6.92 Å². The Labute approximate surface area is 80.7 Å². The molecular weight excluding hydrogens is 186 g/mol. The molecule has 1 N–H and O–H groups in total. The van der Waals surface area contributed by atoms with E-state index in [4.69, 9.17) is 6.42 Å². The largest absolute Gasteiger partial charge is 0.343 e. The van der Waals surface area contributed by atoms with Gasteiger partial charge in [0.25, 0.3) is 0 Å². The number of hydrogen-bond donors (Lipinski definition) is 1. The predicted molar refractivity (Wildman–Crippen MR) is 52.7 cm³/mol. The van der Waals surface area contributed by atoms with Crippen molar-refractivity contribution in [2.75, 3.05) is 5.75 Å². The zero-order valence-corrected chi connectivity index (χ0v) is 8.23. The molecule has 0 saturated carbocycles. The fourth-order valence-corrected chi connectivity index (χ4v) is 1.59. The normalized spacial score (nSPS) is 9.85. The highest BCUT2D eigenvalue weighted by Crippen LogP contribution is 2.11. The third-order valence-electron chi connectivity index (χ3n) is 1.46. The lowest BCUT2D eigenvalue weighted by Gasteiger charge is -2.00. The summed E-state index contributed by atoms with van der Waals surface area (Å²) < 4.78 is 1.60. The van der Waals surface area contributed by atoms with E-state index in [-0.39, 0.29) is 5.69 Å². The molecule has 4 nitrogen and oxygen atoms in total. The summed E-state index contributed by atoms with van der Waals surface area (Å²) in [7, 11) is 0. The lowest BCUT2D eigenvalue weighted by molar-refractivity contribution is 0.604. The number of terminal acetylenes is 1. The van der Waals surface area contributed by atoms with E-state index >= 15 is 0 Å². The van der Waals surface area contributed by atoms with Gasteiger partial charge in [0.1, 0.15) is 0 Å². The number of aromatic nitrogens is 3. The van der Waals surface area contributed by atoms with Crippen LogP contribution in [0.15, 0.2) is 9.95 Å². The van der Waals surface area contributed by atoms with E-state index in [1.54, 1.807) is 4.57 Å². The highest BCUT2D eigenvalue weighted by atomic mass is 32.2. The van der Waals surface area contributed by atoms with Gasteiger partial charge in [0.05, 0.1) is 5.75 Å². The number of hydrogen-bond acceptors (Lipinski definition) is 3. The lowest BCUT2D eigenvalue weighted by Crippen LogP contribution is -2.17. The Morgan fingerprint density at radius 3 is 3.15 bits per heavy atom. The summed E-state index contributed by atoms with van der Waals surface area (Å²) in [6, 6.07) is 0. The summed E-state index contributed by atoms with van der Waals surface area (Å²) in [5, 5.41) is 6.93. The molecule has 0 aliphatic rings. The first kappa shape index (κ1) is 9.93. The molecule has 0 aromatic carbocycles. The van der Waals surface area contributed by atoms with Crippen molar-refractivity contribution in [2.24, 2.45) is 0 Å². The molecule has 1 rings (SSSR count). The molecule has 5 heteroatoms. The number of rotatable bonds is 4. The van der Waals surface area contributed by atoms with Gasteiger partial charge >= 0.3 is 5.69 Å². The van der Waals surface area contributed by atoms with Crippen molar-refractivity contribution in [3.63, 3.8) is 0 Å². The molecule has 0 radical (unpaired) electrons. The van der Waals surface area contributed by atoms with Crippen LogP contribution in [-0.4, -0.2) is 20.5 Å². The maximum absolute atomic E-state index is 11.2. The van der Waals surface area contributed by atoms with Gasteiger partial charge in [-0.05, 0) is 6.42 Å². The molecule has 1 aromatic heterocycles. The highest BCUT2D eigenvalue weighted by molar-refractivity contribution is 7.99. The van der Waals surface area contributed by atoms with Crippen LogP contribution in [0.1, 0.15) is 13.3 Å². The van der Waals surface area contributed by atoms with Crippen molar-refractivity contribution in [3.05, 3.63) is 10.5 Å². The number of aromatic amines is 1. The van der Waals surface area contributed by atoms with E-state index in [0.717, 1.165) is 6.42 Å². The van der Waals surface area contributed by atoms with Crippen LogP contribution in [0.25, 0.3) is 0 Å². The van der Waals surface area contributed by atoms with Crippen LogP contribution < -0.4 is 5.69 Å². The lowest BCUT2D eigenvalue weighted by atomic mass is 10.5. The topological polar surface area (TPSA) is 50.7 Å². The number of H-pyrrole nitrogens is 1. The molecule has 0 unspecified atom stereocenters. The molecule has 13 heavy (non-hydrogen) atoms. The summed E-state index contributed by atoms with van der Waals surface area (Å²) in [5.74, 6) is 3.02. The van der Waals surface area contributed by atoms with Crippen molar-refractivity contribution < 1.29 is 0 Å². The zero-order chi connectivity index (χ0) is 9.68. The second-order valence-electron chi connectivity index (χ2n) is 2.46. The second kappa shape index (κ2) is 4.77. The molecule has 0 atom stereocenters. The fourth-order valence-electron chi connectivity index (χ4n) is 0.940. The highest BCUT2D eigenvalue weighted by Gasteiger charge is 2.06. The number of nitrogens with one attached hydrogen (secondary N) is 1. The molecule has 0 aliphatic carbocycles. The summed E-state index contributed by atoms with van der Waals surface area (Å²) in [4.78, 5) is 11.2. The van der Waals surface area contributed by atoms with E-state index in [2.05, 4.69) is 16.1 Å². The maximum atomic E-state index is 11.2. The van der Waals surface area contributed by atoms with Crippen LogP contribution in [-0.2, 0) is 6.54 Å². The van der Waals surface area contributed by atoms with Gasteiger partial charge in [-0.3, -0.25) is 4.57 Å². The molecule has 0 aliphatic heterocycles. The van der Waals surface area contributed by atoms with Crippen LogP contribution in [0.2, 0.25) is 0 Å². The Balaban J connectivity index is 2.82. The average molecular weight is 197 g/mol. The number of nitrogens with zero attached hydrogens (tertiary/aromatic N) is 2. The van der Waals surface area contributed by atoms with Crippen molar-refractivity contribution in [3.8, 4) is 12.3 Å². The van der Waals surface area contributed by atoms with E-state index < -0.39 is 0 Å². The molecule has 0 bridgehead atoms. The number of thioether (sulfide) groups is 1.